The van der Waals surface area contributed by atoms with Crippen molar-refractivity contribution < 1.29 is 9.53 Å². The van der Waals surface area contributed by atoms with Crippen molar-refractivity contribution in [3.8, 4) is 5.75 Å². The lowest BCUT2D eigenvalue weighted by molar-refractivity contribution is 0.103. The molecular formula is C14H14N2O2. The second-order valence-corrected chi connectivity index (χ2v) is 4.08. The minimum atomic E-state index is -0.178. The Morgan fingerprint density at radius 3 is 2.56 bits per heavy atom. The zero-order chi connectivity index (χ0) is 13.1. The van der Waals surface area contributed by atoms with Crippen LogP contribution in [0.4, 0.5) is 0 Å². The van der Waals surface area contributed by atoms with Crippen LogP contribution >= 0.6 is 0 Å². The van der Waals surface area contributed by atoms with Crippen molar-refractivity contribution >= 4 is 5.78 Å². The maximum atomic E-state index is 12.3. The molecule has 0 unspecified atom stereocenters. The molecule has 4 nitrogen and oxygen atoms in total. The number of ether oxygens (including phenoxy) is 1. The first-order chi connectivity index (χ1) is 8.61. The fourth-order valence-electron chi connectivity index (χ4n) is 1.65. The molecule has 0 radical (unpaired) electrons. The summed E-state index contributed by atoms with van der Waals surface area (Å²) in [6.45, 7) is 3.76. The van der Waals surface area contributed by atoms with Gasteiger partial charge in [-0.15, -0.1) is 0 Å². The molecular weight excluding hydrogens is 228 g/mol. The zero-order valence-corrected chi connectivity index (χ0v) is 10.6. The lowest BCUT2D eigenvalue weighted by Crippen LogP contribution is -2.07. The molecule has 0 aliphatic heterocycles. The van der Waals surface area contributed by atoms with E-state index in [-0.39, 0.29) is 5.78 Å². The number of hydrogen-bond donors (Lipinski definition) is 0. The average Bonchev–Trinajstić information content (AvgIpc) is 2.39. The highest BCUT2D eigenvalue weighted by Crippen LogP contribution is 2.22. The van der Waals surface area contributed by atoms with Crippen LogP contribution in [0.25, 0.3) is 0 Å². The first-order valence-corrected chi connectivity index (χ1v) is 5.60. The van der Waals surface area contributed by atoms with Crippen molar-refractivity contribution in [2.45, 2.75) is 13.8 Å². The Bertz CT molecular complexity index is 577. The number of methoxy groups -OCH3 is 1. The van der Waals surface area contributed by atoms with Gasteiger partial charge in [-0.3, -0.25) is 9.78 Å². The molecule has 0 amide bonds. The van der Waals surface area contributed by atoms with E-state index in [2.05, 4.69) is 9.97 Å². The van der Waals surface area contributed by atoms with E-state index < -0.39 is 0 Å². The van der Waals surface area contributed by atoms with Gasteiger partial charge in [0, 0.05) is 6.20 Å². The summed E-state index contributed by atoms with van der Waals surface area (Å²) in [5.41, 5.74) is 2.61. The van der Waals surface area contributed by atoms with Gasteiger partial charge in [-0.05, 0) is 26.0 Å². The van der Waals surface area contributed by atoms with E-state index in [1.165, 1.54) is 6.20 Å². The summed E-state index contributed by atoms with van der Waals surface area (Å²) in [6.07, 6.45) is 3.06. The van der Waals surface area contributed by atoms with Gasteiger partial charge in [0.25, 0.3) is 0 Å². The molecule has 92 valence electrons. The second kappa shape index (κ2) is 4.96. The molecule has 1 heterocycles. The van der Waals surface area contributed by atoms with Gasteiger partial charge in [-0.25, -0.2) is 4.98 Å². The molecule has 0 atom stereocenters. The van der Waals surface area contributed by atoms with Gasteiger partial charge in [0.2, 0.25) is 5.78 Å². The van der Waals surface area contributed by atoms with Crippen LogP contribution in [0.3, 0.4) is 0 Å². The van der Waals surface area contributed by atoms with E-state index in [0.717, 1.165) is 11.3 Å². The Balaban J connectivity index is 2.45. The second-order valence-electron chi connectivity index (χ2n) is 4.08. The molecule has 4 heteroatoms. The van der Waals surface area contributed by atoms with Crippen molar-refractivity contribution in [2.24, 2.45) is 0 Å². The van der Waals surface area contributed by atoms with Gasteiger partial charge in [0.05, 0.1) is 24.6 Å². The molecule has 0 saturated carbocycles. The molecule has 2 aromatic rings. The molecule has 2 rings (SSSR count). The standard InChI is InChI=1S/C14H14N2O2/c1-9-4-5-13(18-3)11(6-9)14(17)12-8-15-10(2)7-16-12/h4-8H,1-3H3. The number of rotatable bonds is 3. The lowest BCUT2D eigenvalue weighted by atomic mass is 10.0. The van der Waals surface area contributed by atoms with Crippen LogP contribution in [0.2, 0.25) is 0 Å². The number of hydrogen-bond acceptors (Lipinski definition) is 4. The smallest absolute Gasteiger partial charge is 0.216 e. The highest BCUT2D eigenvalue weighted by Gasteiger charge is 2.16. The average molecular weight is 242 g/mol. The zero-order valence-electron chi connectivity index (χ0n) is 10.6. The molecule has 0 saturated heterocycles. The predicted molar refractivity (Wildman–Crippen MR) is 67.9 cm³/mol. The van der Waals surface area contributed by atoms with Crippen molar-refractivity contribution in [3.05, 3.63) is 53.1 Å². The Hall–Kier alpha value is -2.23. The molecule has 0 aliphatic carbocycles. The summed E-state index contributed by atoms with van der Waals surface area (Å²) in [7, 11) is 1.54. The quantitative estimate of drug-likeness (QED) is 0.775. The van der Waals surface area contributed by atoms with Gasteiger partial charge < -0.3 is 4.74 Å². The van der Waals surface area contributed by atoms with Crippen LogP contribution in [-0.2, 0) is 0 Å². The number of ketones is 1. The van der Waals surface area contributed by atoms with Gasteiger partial charge in [-0.2, -0.15) is 0 Å². The van der Waals surface area contributed by atoms with Crippen LogP contribution in [0, 0.1) is 13.8 Å². The number of benzene rings is 1. The topological polar surface area (TPSA) is 52.1 Å². The monoisotopic (exact) mass is 242 g/mol. The summed E-state index contributed by atoms with van der Waals surface area (Å²) in [6, 6.07) is 5.48. The van der Waals surface area contributed by atoms with Crippen LogP contribution in [0.15, 0.2) is 30.6 Å². The molecule has 0 aliphatic rings. The molecule has 0 bridgehead atoms. The molecule has 0 N–H and O–H groups in total. The third-order valence-corrected chi connectivity index (χ3v) is 2.61. The summed E-state index contributed by atoms with van der Waals surface area (Å²) < 4.78 is 5.20. The van der Waals surface area contributed by atoms with Gasteiger partial charge in [0.1, 0.15) is 11.4 Å². The number of carbonyl (C=O) groups excluding carboxylic acids is 1. The SMILES string of the molecule is COc1ccc(C)cc1C(=O)c1cnc(C)cn1. The third-order valence-electron chi connectivity index (χ3n) is 2.61. The normalized spacial score (nSPS) is 10.2. The maximum Gasteiger partial charge on any atom is 0.216 e. The number of aryl methyl sites for hydroxylation is 2. The van der Waals surface area contributed by atoms with Crippen LogP contribution < -0.4 is 4.74 Å². The largest absolute Gasteiger partial charge is 0.496 e. The highest BCUT2D eigenvalue weighted by atomic mass is 16.5. The van der Waals surface area contributed by atoms with Crippen LogP contribution in [-0.4, -0.2) is 22.9 Å². The van der Waals surface area contributed by atoms with E-state index in [4.69, 9.17) is 4.74 Å². The summed E-state index contributed by atoms with van der Waals surface area (Å²) in [5.74, 6) is 0.371. The number of carbonyl (C=O) groups is 1. The van der Waals surface area contributed by atoms with E-state index in [1.807, 2.05) is 19.9 Å². The Morgan fingerprint density at radius 1 is 1.17 bits per heavy atom. The Morgan fingerprint density at radius 2 is 1.94 bits per heavy atom. The third kappa shape index (κ3) is 2.37. The fourth-order valence-corrected chi connectivity index (χ4v) is 1.65. The Kier molecular flexibility index (Phi) is 3.37. The first-order valence-electron chi connectivity index (χ1n) is 5.60. The van der Waals surface area contributed by atoms with Crippen LogP contribution in [0.5, 0.6) is 5.75 Å². The molecule has 18 heavy (non-hydrogen) atoms. The van der Waals surface area contributed by atoms with E-state index in [0.29, 0.717) is 17.0 Å². The van der Waals surface area contributed by atoms with E-state index >= 15 is 0 Å². The molecule has 0 fully saturated rings. The molecule has 1 aromatic carbocycles. The highest BCUT2D eigenvalue weighted by molar-refractivity contribution is 6.09. The van der Waals surface area contributed by atoms with E-state index in [1.54, 1.807) is 25.4 Å². The lowest BCUT2D eigenvalue weighted by Gasteiger charge is -2.08. The fraction of sp³-hybridized carbons (Fsp3) is 0.214. The van der Waals surface area contributed by atoms with Crippen molar-refractivity contribution in [3.63, 3.8) is 0 Å². The summed E-state index contributed by atoms with van der Waals surface area (Å²) in [4.78, 5) is 20.5. The predicted octanol–water partition coefficient (Wildman–Crippen LogP) is 2.33. The van der Waals surface area contributed by atoms with Crippen molar-refractivity contribution in [1.29, 1.82) is 0 Å². The van der Waals surface area contributed by atoms with Crippen LogP contribution in [0.1, 0.15) is 27.3 Å². The van der Waals surface area contributed by atoms with Gasteiger partial charge in [0.15, 0.2) is 0 Å². The van der Waals surface area contributed by atoms with Gasteiger partial charge in [-0.1, -0.05) is 11.6 Å². The summed E-state index contributed by atoms with van der Waals surface area (Å²) >= 11 is 0. The van der Waals surface area contributed by atoms with Crippen molar-refractivity contribution in [1.82, 2.24) is 9.97 Å². The molecule has 1 aromatic heterocycles. The number of aromatic nitrogens is 2. The van der Waals surface area contributed by atoms with Gasteiger partial charge >= 0.3 is 0 Å². The molecule has 0 spiro atoms. The van der Waals surface area contributed by atoms with E-state index in [9.17, 15) is 4.79 Å². The minimum absolute atomic E-state index is 0.178. The number of nitrogens with zero attached hydrogens (tertiary/aromatic N) is 2. The summed E-state index contributed by atoms with van der Waals surface area (Å²) in [5, 5.41) is 0. The minimum Gasteiger partial charge on any atom is -0.496 e. The Labute approximate surface area is 106 Å². The maximum absolute atomic E-state index is 12.3. The first kappa shape index (κ1) is 12.2. The van der Waals surface area contributed by atoms with Crippen molar-refractivity contribution in [2.75, 3.05) is 7.11 Å².